The van der Waals surface area contributed by atoms with Gasteiger partial charge in [0.25, 0.3) is 5.88 Å². The van der Waals surface area contributed by atoms with Crippen LogP contribution in [0.4, 0.5) is 0 Å². The third-order valence-electron chi connectivity index (χ3n) is 1.70. The summed E-state index contributed by atoms with van der Waals surface area (Å²) in [5, 5.41) is 0. The maximum atomic E-state index is 5.47. The number of hydrogen-bond donors (Lipinski definition) is 1. The molecular weight excluding hydrogens is 156 g/mol. The van der Waals surface area contributed by atoms with E-state index in [0.29, 0.717) is 24.8 Å². The smallest absolute Gasteiger partial charge is 0.257 e. The Morgan fingerprint density at radius 1 is 1.67 bits per heavy atom. The van der Waals surface area contributed by atoms with Gasteiger partial charge in [-0.15, -0.1) is 0 Å². The molecule has 1 aliphatic rings. The number of fused-ring (bicyclic) bond motifs is 1. The lowest BCUT2D eigenvalue weighted by Crippen LogP contribution is -2.35. The topological polar surface area (TPSA) is 57.4 Å². The lowest BCUT2D eigenvalue weighted by Gasteiger charge is -2.24. The number of ether oxygens (including phenoxy) is 2. The standard InChI is InChI=1S/C8H10N2O2/c9-4-6-5-11-8-7(12-6)2-1-3-10-8/h1-3,6H,4-5,9H2. The van der Waals surface area contributed by atoms with Gasteiger partial charge in [-0.25, -0.2) is 4.98 Å². The van der Waals surface area contributed by atoms with Crippen LogP contribution in [0.15, 0.2) is 18.3 Å². The van der Waals surface area contributed by atoms with Gasteiger partial charge in [-0.2, -0.15) is 0 Å². The first-order chi connectivity index (χ1) is 5.90. The van der Waals surface area contributed by atoms with Crippen LogP contribution in [0.5, 0.6) is 11.6 Å². The zero-order chi connectivity index (χ0) is 8.39. The lowest BCUT2D eigenvalue weighted by molar-refractivity contribution is 0.0919. The van der Waals surface area contributed by atoms with Gasteiger partial charge in [0, 0.05) is 12.7 Å². The summed E-state index contributed by atoms with van der Waals surface area (Å²) in [6.07, 6.45) is 1.63. The van der Waals surface area contributed by atoms with Gasteiger partial charge in [-0.1, -0.05) is 0 Å². The average molecular weight is 166 g/mol. The second kappa shape index (κ2) is 2.98. The molecule has 0 fully saturated rings. The van der Waals surface area contributed by atoms with Gasteiger partial charge in [0.15, 0.2) is 5.75 Å². The molecule has 64 valence electrons. The zero-order valence-electron chi connectivity index (χ0n) is 6.56. The molecule has 0 aliphatic carbocycles. The molecule has 0 bridgehead atoms. The van der Waals surface area contributed by atoms with Gasteiger partial charge in [0.2, 0.25) is 0 Å². The summed E-state index contributed by atoms with van der Waals surface area (Å²) in [6.45, 7) is 0.953. The second-order valence-electron chi connectivity index (χ2n) is 2.59. The Balaban J connectivity index is 2.23. The minimum absolute atomic E-state index is 0.0401. The highest BCUT2D eigenvalue weighted by atomic mass is 16.6. The van der Waals surface area contributed by atoms with E-state index in [1.165, 1.54) is 0 Å². The van der Waals surface area contributed by atoms with Crippen LogP contribution in [-0.2, 0) is 0 Å². The summed E-state index contributed by atoms with van der Waals surface area (Å²) in [4.78, 5) is 4.00. The van der Waals surface area contributed by atoms with Gasteiger partial charge in [0.1, 0.15) is 12.7 Å². The summed E-state index contributed by atoms with van der Waals surface area (Å²) in [7, 11) is 0. The first-order valence-corrected chi connectivity index (χ1v) is 3.84. The Morgan fingerprint density at radius 3 is 3.42 bits per heavy atom. The first-order valence-electron chi connectivity index (χ1n) is 3.84. The van der Waals surface area contributed by atoms with Crippen molar-refractivity contribution in [2.75, 3.05) is 13.2 Å². The van der Waals surface area contributed by atoms with E-state index < -0.39 is 0 Å². The highest BCUT2D eigenvalue weighted by Crippen LogP contribution is 2.27. The molecule has 0 saturated carbocycles. The molecular formula is C8H10N2O2. The van der Waals surface area contributed by atoms with Crippen molar-refractivity contribution >= 4 is 0 Å². The van der Waals surface area contributed by atoms with E-state index in [0.717, 1.165) is 0 Å². The van der Waals surface area contributed by atoms with Gasteiger partial charge in [-0.05, 0) is 12.1 Å². The fourth-order valence-electron chi connectivity index (χ4n) is 1.08. The molecule has 1 unspecified atom stereocenters. The molecule has 4 nitrogen and oxygen atoms in total. The minimum atomic E-state index is -0.0401. The van der Waals surface area contributed by atoms with Crippen LogP contribution in [0.25, 0.3) is 0 Å². The molecule has 1 atom stereocenters. The fraction of sp³-hybridized carbons (Fsp3) is 0.375. The van der Waals surface area contributed by atoms with Crippen molar-refractivity contribution in [1.82, 2.24) is 4.98 Å². The van der Waals surface area contributed by atoms with Crippen molar-refractivity contribution in [2.45, 2.75) is 6.10 Å². The summed E-state index contributed by atoms with van der Waals surface area (Å²) < 4.78 is 10.8. The molecule has 2 N–H and O–H groups in total. The predicted octanol–water partition coefficient (Wildman–Crippen LogP) is 0.180. The Hall–Kier alpha value is -1.29. The Bertz CT molecular complexity index is 278. The van der Waals surface area contributed by atoms with Crippen LogP contribution < -0.4 is 15.2 Å². The van der Waals surface area contributed by atoms with Crippen molar-refractivity contribution in [3.05, 3.63) is 18.3 Å². The third kappa shape index (κ3) is 1.21. The molecule has 1 aromatic heterocycles. The number of aromatic nitrogens is 1. The number of rotatable bonds is 1. The Kier molecular flexibility index (Phi) is 1.83. The molecule has 0 radical (unpaired) electrons. The van der Waals surface area contributed by atoms with Gasteiger partial charge < -0.3 is 15.2 Å². The highest BCUT2D eigenvalue weighted by Gasteiger charge is 2.19. The third-order valence-corrected chi connectivity index (χ3v) is 1.70. The van der Waals surface area contributed by atoms with E-state index in [4.69, 9.17) is 15.2 Å². The molecule has 0 saturated heterocycles. The van der Waals surface area contributed by atoms with Crippen molar-refractivity contribution < 1.29 is 9.47 Å². The molecule has 12 heavy (non-hydrogen) atoms. The molecule has 2 heterocycles. The normalized spacial score (nSPS) is 20.6. The van der Waals surface area contributed by atoms with Crippen LogP contribution in [0.1, 0.15) is 0 Å². The molecule has 4 heteroatoms. The largest absolute Gasteiger partial charge is 0.480 e. The van der Waals surface area contributed by atoms with Crippen LogP contribution >= 0.6 is 0 Å². The molecule has 2 rings (SSSR count). The van der Waals surface area contributed by atoms with Crippen LogP contribution in [0.3, 0.4) is 0 Å². The van der Waals surface area contributed by atoms with E-state index in [1.807, 2.05) is 6.07 Å². The highest BCUT2D eigenvalue weighted by molar-refractivity contribution is 5.33. The van der Waals surface area contributed by atoms with Gasteiger partial charge >= 0.3 is 0 Å². The van der Waals surface area contributed by atoms with E-state index in [2.05, 4.69) is 4.98 Å². The second-order valence-corrected chi connectivity index (χ2v) is 2.59. The summed E-state index contributed by atoms with van der Waals surface area (Å²) in [5.74, 6) is 1.24. The quantitative estimate of drug-likeness (QED) is 0.646. The molecule has 0 aromatic carbocycles. The molecule has 1 aromatic rings. The SMILES string of the molecule is NCC1COc2ncccc2O1. The minimum Gasteiger partial charge on any atom is -0.480 e. The fourth-order valence-corrected chi connectivity index (χ4v) is 1.08. The van der Waals surface area contributed by atoms with Gasteiger partial charge in [-0.3, -0.25) is 0 Å². The predicted molar refractivity (Wildman–Crippen MR) is 43.2 cm³/mol. The van der Waals surface area contributed by atoms with Crippen molar-refractivity contribution in [3.8, 4) is 11.6 Å². The maximum Gasteiger partial charge on any atom is 0.257 e. The Morgan fingerprint density at radius 2 is 2.58 bits per heavy atom. The molecule has 0 spiro atoms. The van der Waals surface area contributed by atoms with E-state index >= 15 is 0 Å². The number of pyridine rings is 1. The van der Waals surface area contributed by atoms with Crippen molar-refractivity contribution in [2.24, 2.45) is 5.73 Å². The maximum absolute atomic E-state index is 5.47. The monoisotopic (exact) mass is 166 g/mol. The number of nitrogens with zero attached hydrogens (tertiary/aromatic N) is 1. The summed E-state index contributed by atoms with van der Waals surface area (Å²) in [5.41, 5.74) is 5.43. The first kappa shape index (κ1) is 7.36. The van der Waals surface area contributed by atoms with Crippen LogP contribution in [0.2, 0.25) is 0 Å². The number of nitrogens with two attached hydrogens (primary N) is 1. The molecule has 1 aliphatic heterocycles. The van der Waals surface area contributed by atoms with Crippen molar-refractivity contribution in [3.63, 3.8) is 0 Å². The van der Waals surface area contributed by atoms with E-state index in [-0.39, 0.29) is 6.10 Å². The van der Waals surface area contributed by atoms with Crippen LogP contribution in [0, 0.1) is 0 Å². The van der Waals surface area contributed by atoms with Crippen molar-refractivity contribution in [1.29, 1.82) is 0 Å². The summed E-state index contributed by atoms with van der Waals surface area (Å²) >= 11 is 0. The lowest BCUT2D eigenvalue weighted by atomic mass is 10.3. The molecule has 0 amide bonds. The van der Waals surface area contributed by atoms with Crippen LogP contribution in [-0.4, -0.2) is 24.2 Å². The van der Waals surface area contributed by atoms with E-state index in [1.54, 1.807) is 12.3 Å². The Labute approximate surface area is 70.3 Å². The zero-order valence-corrected chi connectivity index (χ0v) is 6.56. The van der Waals surface area contributed by atoms with E-state index in [9.17, 15) is 0 Å². The van der Waals surface area contributed by atoms with Gasteiger partial charge in [0.05, 0.1) is 0 Å². The average Bonchev–Trinajstić information content (AvgIpc) is 2.17. The summed E-state index contributed by atoms with van der Waals surface area (Å²) in [6, 6.07) is 3.63. The number of hydrogen-bond acceptors (Lipinski definition) is 4.